The van der Waals surface area contributed by atoms with E-state index in [-0.39, 0.29) is 16.2 Å². The summed E-state index contributed by atoms with van der Waals surface area (Å²) in [5.74, 6) is -4.57. The Kier molecular flexibility index (Phi) is 4.71. The van der Waals surface area contributed by atoms with Crippen LogP contribution in [-0.4, -0.2) is 43.2 Å². The van der Waals surface area contributed by atoms with E-state index in [1.807, 2.05) is 0 Å². The first-order valence-corrected chi connectivity index (χ1v) is 7.87. The number of carboxylic acids is 1. The van der Waals surface area contributed by atoms with Crippen molar-refractivity contribution in [2.75, 3.05) is 6.54 Å². The predicted molar refractivity (Wildman–Crippen MR) is 85.1 cm³/mol. The summed E-state index contributed by atoms with van der Waals surface area (Å²) >= 11 is 0.965. The number of carbonyl (C=O) groups excluding carboxylic acids is 1. The second kappa shape index (κ2) is 6.96. The highest BCUT2D eigenvalue weighted by atomic mass is 32.2. The molecule has 0 unspecified atom stereocenters. The van der Waals surface area contributed by atoms with Gasteiger partial charge in [-0.1, -0.05) is 11.8 Å². The lowest BCUT2D eigenvalue weighted by atomic mass is 10.2. The smallest absolute Gasteiger partial charge is 0.322 e. The van der Waals surface area contributed by atoms with Gasteiger partial charge in [0, 0.05) is 11.0 Å². The van der Waals surface area contributed by atoms with E-state index in [4.69, 9.17) is 5.11 Å². The summed E-state index contributed by atoms with van der Waals surface area (Å²) in [7, 11) is 0. The van der Waals surface area contributed by atoms with Gasteiger partial charge in [-0.2, -0.15) is 5.10 Å². The average Bonchev–Trinajstić information content (AvgIpc) is 3.05. The molecule has 26 heavy (non-hydrogen) atoms. The maximum atomic E-state index is 13.4. The standard InChI is InChI=1S/C15H10F2N4O4S/c16-8-2-1-7(3-9(8)17)26-11-4-10(22)13(14-19-6-20-21(11)14)15(25)18-5-12(23)24/h1-4,6,22H,5H2,(H,18,25)(H,23,24). The number of aromatic hydroxyl groups is 1. The Morgan fingerprint density at radius 1 is 1.23 bits per heavy atom. The molecule has 0 saturated carbocycles. The van der Waals surface area contributed by atoms with Crippen molar-refractivity contribution in [1.29, 1.82) is 0 Å². The van der Waals surface area contributed by atoms with Gasteiger partial charge in [-0.05, 0) is 18.2 Å². The second-order valence-electron chi connectivity index (χ2n) is 4.99. The van der Waals surface area contributed by atoms with Crippen LogP contribution in [0.4, 0.5) is 8.78 Å². The molecule has 0 radical (unpaired) electrons. The number of fused-ring (bicyclic) bond motifs is 1. The number of halogens is 2. The normalized spacial score (nSPS) is 10.8. The maximum absolute atomic E-state index is 13.4. The third-order valence-corrected chi connectivity index (χ3v) is 4.23. The highest BCUT2D eigenvalue weighted by molar-refractivity contribution is 7.99. The minimum atomic E-state index is -1.25. The van der Waals surface area contributed by atoms with Crippen LogP contribution in [0.1, 0.15) is 10.4 Å². The van der Waals surface area contributed by atoms with Gasteiger partial charge in [0.25, 0.3) is 5.91 Å². The SMILES string of the molecule is O=C(O)CNC(=O)c1c(O)cc(Sc2ccc(F)c(F)c2)n2ncnc12. The van der Waals surface area contributed by atoms with Gasteiger partial charge in [-0.25, -0.2) is 18.3 Å². The predicted octanol–water partition coefficient (Wildman–Crippen LogP) is 1.68. The minimum absolute atomic E-state index is 0.0158. The molecule has 0 fully saturated rings. The minimum Gasteiger partial charge on any atom is -0.507 e. The van der Waals surface area contributed by atoms with Crippen molar-refractivity contribution in [3.63, 3.8) is 0 Å². The second-order valence-corrected chi connectivity index (χ2v) is 6.09. The van der Waals surface area contributed by atoms with Crippen molar-refractivity contribution in [2.24, 2.45) is 0 Å². The molecule has 1 amide bonds. The third-order valence-electron chi connectivity index (χ3n) is 3.24. The average molecular weight is 380 g/mol. The molecule has 11 heteroatoms. The Balaban J connectivity index is 2.00. The van der Waals surface area contributed by atoms with Crippen LogP contribution >= 0.6 is 11.8 Å². The first kappa shape index (κ1) is 17.6. The fourth-order valence-corrected chi connectivity index (χ4v) is 3.06. The number of rotatable bonds is 5. The van der Waals surface area contributed by atoms with Crippen LogP contribution in [-0.2, 0) is 4.79 Å². The number of aliphatic carboxylic acids is 1. The number of nitrogens with one attached hydrogen (secondary N) is 1. The van der Waals surface area contributed by atoms with Crippen LogP contribution in [0.25, 0.3) is 5.65 Å². The van der Waals surface area contributed by atoms with Crippen LogP contribution in [0.15, 0.2) is 40.5 Å². The molecule has 3 aromatic rings. The van der Waals surface area contributed by atoms with Crippen molar-refractivity contribution >= 4 is 29.3 Å². The molecule has 0 spiro atoms. The Hall–Kier alpha value is -3.21. The molecule has 0 saturated heterocycles. The summed E-state index contributed by atoms with van der Waals surface area (Å²) in [6.45, 7) is -0.635. The van der Waals surface area contributed by atoms with Gasteiger partial charge in [-0.15, -0.1) is 0 Å². The van der Waals surface area contributed by atoms with Crippen LogP contribution in [0, 0.1) is 11.6 Å². The largest absolute Gasteiger partial charge is 0.507 e. The quantitative estimate of drug-likeness (QED) is 0.616. The molecule has 8 nitrogen and oxygen atoms in total. The molecule has 3 rings (SSSR count). The first-order valence-electron chi connectivity index (χ1n) is 7.05. The Bertz CT molecular complexity index is 1020. The number of carbonyl (C=O) groups is 2. The molecule has 2 aromatic heterocycles. The van der Waals surface area contributed by atoms with E-state index >= 15 is 0 Å². The molecule has 0 aliphatic rings. The van der Waals surface area contributed by atoms with Gasteiger partial charge < -0.3 is 15.5 Å². The van der Waals surface area contributed by atoms with E-state index < -0.39 is 35.8 Å². The fourth-order valence-electron chi connectivity index (χ4n) is 2.13. The zero-order chi connectivity index (χ0) is 18.8. The Morgan fingerprint density at radius 3 is 2.69 bits per heavy atom. The molecule has 134 valence electrons. The lowest BCUT2D eigenvalue weighted by Crippen LogP contribution is -2.29. The third kappa shape index (κ3) is 3.42. The van der Waals surface area contributed by atoms with Crippen molar-refractivity contribution in [3.05, 3.63) is 47.8 Å². The maximum Gasteiger partial charge on any atom is 0.322 e. The van der Waals surface area contributed by atoms with E-state index in [1.165, 1.54) is 16.6 Å². The molecule has 1 aromatic carbocycles. The number of benzene rings is 1. The lowest BCUT2D eigenvalue weighted by Gasteiger charge is -2.10. The van der Waals surface area contributed by atoms with E-state index in [9.17, 15) is 23.5 Å². The van der Waals surface area contributed by atoms with Crippen molar-refractivity contribution < 1.29 is 28.6 Å². The summed E-state index contributed by atoms with van der Waals surface area (Å²) in [6, 6.07) is 4.48. The number of carboxylic acid groups (broad SMARTS) is 1. The van der Waals surface area contributed by atoms with E-state index in [0.717, 1.165) is 30.2 Å². The zero-order valence-corrected chi connectivity index (χ0v) is 13.6. The van der Waals surface area contributed by atoms with Crippen LogP contribution in [0.5, 0.6) is 5.75 Å². The summed E-state index contributed by atoms with van der Waals surface area (Å²) in [4.78, 5) is 26.9. The van der Waals surface area contributed by atoms with Crippen LogP contribution < -0.4 is 5.32 Å². The van der Waals surface area contributed by atoms with Gasteiger partial charge in [0.15, 0.2) is 17.3 Å². The fraction of sp³-hybridized carbons (Fsp3) is 0.0667. The lowest BCUT2D eigenvalue weighted by molar-refractivity contribution is -0.135. The van der Waals surface area contributed by atoms with Gasteiger partial charge in [0.1, 0.15) is 29.2 Å². The Labute approximate surface area is 148 Å². The summed E-state index contributed by atoms with van der Waals surface area (Å²) in [5, 5.41) is 25.2. The van der Waals surface area contributed by atoms with Crippen molar-refractivity contribution in [2.45, 2.75) is 9.92 Å². The van der Waals surface area contributed by atoms with Gasteiger partial charge in [0.2, 0.25) is 0 Å². The number of hydrogen-bond donors (Lipinski definition) is 3. The highest BCUT2D eigenvalue weighted by Crippen LogP contribution is 2.33. The van der Waals surface area contributed by atoms with Crippen molar-refractivity contribution in [3.8, 4) is 5.75 Å². The van der Waals surface area contributed by atoms with Gasteiger partial charge in [-0.3, -0.25) is 9.59 Å². The van der Waals surface area contributed by atoms with Gasteiger partial charge >= 0.3 is 5.97 Å². The molecule has 0 bridgehead atoms. The van der Waals surface area contributed by atoms with Crippen molar-refractivity contribution in [1.82, 2.24) is 19.9 Å². The van der Waals surface area contributed by atoms with Crippen LogP contribution in [0.3, 0.4) is 0 Å². The number of pyridine rings is 1. The highest BCUT2D eigenvalue weighted by Gasteiger charge is 2.21. The molecule has 3 N–H and O–H groups in total. The number of nitrogens with zero attached hydrogens (tertiary/aromatic N) is 3. The molecule has 2 heterocycles. The topological polar surface area (TPSA) is 117 Å². The summed E-state index contributed by atoms with van der Waals surface area (Å²) in [5.41, 5.74) is -0.267. The van der Waals surface area contributed by atoms with Crippen LogP contribution in [0.2, 0.25) is 0 Å². The molecule has 0 atom stereocenters. The van der Waals surface area contributed by atoms with Gasteiger partial charge in [0.05, 0.1) is 0 Å². The number of amides is 1. The molecular weight excluding hydrogens is 370 g/mol. The Morgan fingerprint density at radius 2 is 2.00 bits per heavy atom. The van der Waals surface area contributed by atoms with E-state index in [0.29, 0.717) is 4.90 Å². The number of hydrogen-bond acceptors (Lipinski definition) is 6. The summed E-state index contributed by atoms with van der Waals surface area (Å²) in [6.07, 6.45) is 1.14. The number of aromatic nitrogens is 3. The zero-order valence-electron chi connectivity index (χ0n) is 12.8. The molecule has 0 aliphatic heterocycles. The van der Waals surface area contributed by atoms with E-state index in [1.54, 1.807) is 0 Å². The van der Waals surface area contributed by atoms with E-state index in [2.05, 4.69) is 15.4 Å². The first-order chi connectivity index (χ1) is 12.4. The molecular formula is C15H10F2N4O4S. The molecule has 0 aliphatic carbocycles. The monoisotopic (exact) mass is 380 g/mol. The summed E-state index contributed by atoms with van der Waals surface area (Å²) < 4.78 is 27.6.